The van der Waals surface area contributed by atoms with E-state index in [2.05, 4.69) is 0 Å². The van der Waals surface area contributed by atoms with Crippen LogP contribution in [0, 0.1) is 11.3 Å². The first kappa shape index (κ1) is 67.5. The van der Waals surface area contributed by atoms with Gasteiger partial charge in [0.2, 0.25) is 0 Å². The molecule has 6 aliphatic rings. The minimum absolute atomic E-state index is 0.0178. The topological polar surface area (TPSA) is 387 Å². The fraction of sp³-hybridized carbons (Fsp3) is 0.176. The predicted octanol–water partition coefficient (Wildman–Crippen LogP) is -0.143. The molecule has 0 amide bonds. The van der Waals surface area contributed by atoms with Crippen LogP contribution in [0.25, 0.3) is 0 Å². The molecule has 0 aliphatic carbocycles. The second kappa shape index (κ2) is 23.4. The standard InChI is InChI=1S/C51H59O27P5Si8/c1-38(36-51(2,3)4)37-84-67-85(44-12-8-6-9-13-44)70-88(45-14-10-7-11-15-45)72-87(69-84,47-34-24-43(25-35-47)83(64,65)66-5)75-90(49-30-20-41(21-31-49)81(58,59)60)74-86(68-84,46-26-16-39(17-27-46)79(52,53)54)73-89(71-85,48-28-18-40(19-29-48)80(55,56)57)77-91(76-88,78-90)50-32-22-42(23-33-50)82(61,62)63/h6-35,38H,36-37H2,1-5H3,(H,64,65)(H2,52,53,54)(H2,55,56,57)(H2,58,59,60)(H2,61,62,63). The molecule has 7 aromatic carbocycles. The second-order valence-electron chi connectivity index (χ2n) is 23.2. The van der Waals surface area contributed by atoms with Gasteiger partial charge in [0.1, 0.15) is 0 Å². The van der Waals surface area contributed by atoms with Crippen LogP contribution in [0.4, 0.5) is 0 Å². The maximum Gasteiger partial charge on any atom is 0.515 e. The summed E-state index contributed by atoms with van der Waals surface area (Å²) < 4.78 is 167. The molecule has 13 rings (SSSR count). The molecule has 6 heterocycles. The van der Waals surface area contributed by atoms with E-state index in [1.54, 1.807) is 60.7 Å². The van der Waals surface area contributed by atoms with Gasteiger partial charge in [0.05, 0.1) is 26.5 Å². The first-order valence-electron chi connectivity index (χ1n) is 27.6. The summed E-state index contributed by atoms with van der Waals surface area (Å²) in [5.41, 5.74) is -0.421. The van der Waals surface area contributed by atoms with E-state index < -0.39 is 141 Å². The molecule has 7 aromatic rings. The molecule has 40 heteroatoms. The third-order valence-electron chi connectivity index (χ3n) is 15.1. The molecule has 0 radical (unpaired) electrons. The van der Waals surface area contributed by atoms with Gasteiger partial charge in [0, 0.05) is 49.5 Å². The fourth-order valence-electron chi connectivity index (χ4n) is 11.3. The van der Waals surface area contributed by atoms with Crippen LogP contribution in [0.5, 0.6) is 0 Å². The van der Waals surface area contributed by atoms with Crippen molar-refractivity contribution < 1.29 is 121 Å². The molecule has 6 aliphatic heterocycles. The van der Waals surface area contributed by atoms with E-state index in [1.807, 2.05) is 27.7 Å². The summed E-state index contributed by atoms with van der Waals surface area (Å²) >= 11 is 0. The highest BCUT2D eigenvalue weighted by Gasteiger charge is 2.86. The summed E-state index contributed by atoms with van der Waals surface area (Å²) in [4.78, 5) is 96.0. The molecule has 0 spiro atoms. The van der Waals surface area contributed by atoms with E-state index in [0.717, 1.165) is 55.6 Å². The summed E-state index contributed by atoms with van der Waals surface area (Å²) in [6.45, 7) is 7.94. The number of hydrogen-bond donors (Lipinski definition) is 9. The first-order valence-corrected chi connectivity index (χ1v) is 49.6. The quantitative estimate of drug-likeness (QED) is 0.0449. The highest BCUT2D eigenvalue weighted by atomic mass is 31.2. The van der Waals surface area contributed by atoms with Crippen molar-refractivity contribution in [1.82, 2.24) is 0 Å². The monoisotopic (exact) mass is 1480 g/mol. The van der Waals surface area contributed by atoms with Crippen molar-refractivity contribution in [3.8, 4) is 0 Å². The number of hydrogen-bond acceptors (Lipinski definition) is 18. The highest BCUT2D eigenvalue weighted by molar-refractivity contribution is 7.61. The SMILES string of the molecule is COP(=O)(O)c1ccc([Si]23O[Si]4(CC(C)CC(C)(C)C)O[Si]5(c6ccccc6)O[Si](c6ccccc6)(O2)O[Si]2(c6ccc(P(=O)(O)O)cc6)O[Si](c6ccc(P(=O)(O)O)cc6)(O5)O[Si](c5ccc(P(=O)(O)O)cc5)(O4)O[Si](c4ccc(P(=O)(O)O)cc4)(O3)O2)cc1. The van der Waals surface area contributed by atoms with Crippen LogP contribution in [0.15, 0.2) is 182 Å². The Bertz CT molecular complexity index is 4180. The second-order valence-corrected chi connectivity index (χ2v) is 55.0. The van der Waals surface area contributed by atoms with Gasteiger partial charge in [-0.3, -0.25) is 22.8 Å². The largest absolute Gasteiger partial charge is 0.515 e. The summed E-state index contributed by atoms with van der Waals surface area (Å²) in [7, 11) is -68.3. The molecule has 27 nitrogen and oxygen atoms in total. The van der Waals surface area contributed by atoms with Crippen molar-refractivity contribution in [3.63, 3.8) is 0 Å². The molecular formula is C51H59O27P5Si8. The molecule has 91 heavy (non-hydrogen) atoms. The highest BCUT2D eigenvalue weighted by Crippen LogP contribution is 2.51. The Morgan fingerprint density at radius 2 is 0.549 bits per heavy atom. The van der Waals surface area contributed by atoms with Crippen LogP contribution in [0.2, 0.25) is 6.04 Å². The van der Waals surface area contributed by atoms with Gasteiger partial charge in [-0.05, 0) is 78.4 Å². The lowest BCUT2D eigenvalue weighted by Crippen LogP contribution is -2.95. The van der Waals surface area contributed by atoms with E-state index in [4.69, 9.17) is 53.9 Å². The van der Waals surface area contributed by atoms with Gasteiger partial charge in [-0.2, -0.15) is 0 Å². The van der Waals surface area contributed by atoms with Crippen LogP contribution in [-0.4, -0.2) is 122 Å². The Morgan fingerprint density at radius 3 is 0.758 bits per heavy atom. The molecule has 6 saturated heterocycles. The van der Waals surface area contributed by atoms with Crippen molar-refractivity contribution in [2.24, 2.45) is 11.3 Å². The van der Waals surface area contributed by atoms with Gasteiger partial charge >= 0.3 is 108 Å². The Labute approximate surface area is 529 Å². The molecule has 482 valence electrons. The number of rotatable bonds is 16. The summed E-state index contributed by atoms with van der Waals surface area (Å²) in [5, 5.41) is -2.44. The average molecular weight is 1480 g/mol. The lowest BCUT2D eigenvalue weighted by atomic mass is 9.86. The van der Waals surface area contributed by atoms with Crippen molar-refractivity contribution in [1.29, 1.82) is 0 Å². The van der Waals surface area contributed by atoms with Crippen LogP contribution < -0.4 is 62.8 Å². The van der Waals surface area contributed by atoms with E-state index in [0.29, 0.717) is 6.42 Å². The fourth-order valence-corrected chi connectivity index (χ4v) is 60.8. The van der Waals surface area contributed by atoms with Crippen LogP contribution in [0.1, 0.15) is 34.1 Å². The predicted molar refractivity (Wildman–Crippen MR) is 343 cm³/mol. The van der Waals surface area contributed by atoms with Gasteiger partial charge in [-0.1, -0.05) is 149 Å². The van der Waals surface area contributed by atoms with Gasteiger partial charge in [-0.15, -0.1) is 0 Å². The first-order chi connectivity index (χ1) is 42.4. The minimum atomic E-state index is -5.78. The van der Waals surface area contributed by atoms with Gasteiger partial charge < -0.3 is 97.9 Å². The lowest BCUT2D eigenvalue weighted by molar-refractivity contribution is -0.00776. The third kappa shape index (κ3) is 12.8. The Kier molecular flexibility index (Phi) is 17.4. The van der Waals surface area contributed by atoms with Gasteiger partial charge in [-0.25, -0.2) is 0 Å². The summed E-state index contributed by atoms with van der Waals surface area (Å²) in [6, 6.07) is 40.2. The van der Waals surface area contributed by atoms with Crippen LogP contribution >= 0.6 is 38.0 Å². The molecule has 0 saturated carbocycles. The third-order valence-corrected chi connectivity index (χ3v) is 55.2. The maximum atomic E-state index is 13.7. The molecule has 8 bridgehead atoms. The Hall–Kier alpha value is -3.45. The molecule has 0 aromatic heterocycles. The Morgan fingerprint density at radius 1 is 0.341 bits per heavy atom. The lowest BCUT2D eigenvalue weighted by Gasteiger charge is -2.63. The smallest absolute Gasteiger partial charge is 0.370 e. The molecule has 10 unspecified atom stereocenters. The van der Waals surface area contributed by atoms with Crippen LogP contribution in [0.3, 0.4) is 0 Å². The van der Waals surface area contributed by atoms with Crippen molar-refractivity contribution in [2.75, 3.05) is 7.11 Å². The summed E-state index contributed by atoms with van der Waals surface area (Å²) in [6.07, 6.45) is 0.433. The van der Waals surface area contributed by atoms with Crippen molar-refractivity contribution in [3.05, 3.63) is 182 Å². The zero-order chi connectivity index (χ0) is 65.3. The normalized spacial score (nSPS) is 30.3. The van der Waals surface area contributed by atoms with Gasteiger partial charge in [0.25, 0.3) is 0 Å². The molecular weight excluding hydrogens is 1420 g/mol. The van der Waals surface area contributed by atoms with E-state index in [9.17, 15) is 66.9 Å². The van der Waals surface area contributed by atoms with Crippen molar-refractivity contribution >= 4 is 171 Å². The van der Waals surface area contributed by atoms with Gasteiger partial charge in [0.15, 0.2) is 0 Å². The minimum Gasteiger partial charge on any atom is -0.370 e. The van der Waals surface area contributed by atoms with Crippen molar-refractivity contribution in [2.45, 2.75) is 40.2 Å². The van der Waals surface area contributed by atoms with Crippen LogP contribution in [-0.2, 0) is 76.7 Å². The van der Waals surface area contributed by atoms with E-state index >= 15 is 0 Å². The van der Waals surface area contributed by atoms with E-state index in [1.165, 1.54) is 72.8 Å². The molecule has 10 atom stereocenters. The molecule has 9 N–H and O–H groups in total. The summed E-state index contributed by atoms with van der Waals surface area (Å²) in [5.74, 6) is -0.492. The number of benzene rings is 7. The average Bonchev–Trinajstić information content (AvgIpc) is 0.668. The molecule has 6 fully saturated rings. The Balaban J connectivity index is 1.31. The maximum absolute atomic E-state index is 13.7. The zero-order valence-corrected chi connectivity index (χ0v) is 60.9. The van der Waals surface area contributed by atoms with E-state index in [-0.39, 0.29) is 47.7 Å². The zero-order valence-electron chi connectivity index (χ0n) is 48.4.